The highest BCUT2D eigenvalue weighted by molar-refractivity contribution is 5.95. The first kappa shape index (κ1) is 28.6. The molecule has 4 nitrogen and oxygen atoms in total. The first-order valence-electron chi connectivity index (χ1n) is 14.2. The smallest absolute Gasteiger partial charge is 0.229 e. The molecule has 0 radical (unpaired) electrons. The zero-order chi connectivity index (χ0) is 24.5. The minimum absolute atomic E-state index is 0.0521. The number of carbonyl (C=O) groups is 2. The number of carbonyl (C=O) groups excluding carboxylic acids is 2. The van der Waals surface area contributed by atoms with E-state index in [0.29, 0.717) is 19.4 Å². The van der Waals surface area contributed by atoms with Crippen LogP contribution in [0, 0.1) is 0 Å². The second-order valence-corrected chi connectivity index (χ2v) is 11.0. The summed E-state index contributed by atoms with van der Waals surface area (Å²) < 4.78 is 0.861. The third-order valence-electron chi connectivity index (χ3n) is 7.23. The molecule has 34 heavy (non-hydrogen) atoms. The lowest BCUT2D eigenvalue weighted by Gasteiger charge is -2.31. The van der Waals surface area contributed by atoms with Crippen LogP contribution >= 0.6 is 0 Å². The molecule has 1 aromatic carbocycles. The molecule has 2 amide bonds. The van der Waals surface area contributed by atoms with Gasteiger partial charge in [0.05, 0.1) is 20.6 Å². The van der Waals surface area contributed by atoms with Gasteiger partial charge in [-0.25, -0.2) is 0 Å². The van der Waals surface area contributed by atoms with Crippen LogP contribution in [0.3, 0.4) is 0 Å². The molecule has 1 heterocycles. The van der Waals surface area contributed by atoms with Gasteiger partial charge in [-0.05, 0) is 12.8 Å². The number of rotatable bonds is 6. The molecule has 4 heteroatoms. The normalized spacial score (nSPS) is 19.3. The Morgan fingerprint density at radius 3 is 1.50 bits per heavy atom. The first-order valence-corrected chi connectivity index (χ1v) is 14.2. The van der Waals surface area contributed by atoms with Gasteiger partial charge in [0, 0.05) is 31.4 Å². The van der Waals surface area contributed by atoms with E-state index < -0.39 is 0 Å². The molecule has 0 spiro atoms. The van der Waals surface area contributed by atoms with Gasteiger partial charge in [-0.15, -0.1) is 0 Å². The number of benzene rings is 1. The van der Waals surface area contributed by atoms with Crippen molar-refractivity contribution >= 4 is 11.8 Å². The van der Waals surface area contributed by atoms with E-state index in [1.165, 1.54) is 69.8 Å². The molecule has 1 aliphatic rings. The van der Waals surface area contributed by atoms with Crippen LogP contribution < -0.4 is 0 Å². The number of amides is 2. The maximum Gasteiger partial charge on any atom is 0.229 e. The van der Waals surface area contributed by atoms with Crippen molar-refractivity contribution in [3.05, 3.63) is 35.9 Å². The molecule has 0 N–H and O–H groups in total. The summed E-state index contributed by atoms with van der Waals surface area (Å²) in [5.74, 6) is 0.104. The minimum atomic E-state index is 0.0521. The molecule has 1 fully saturated rings. The highest BCUT2D eigenvalue weighted by Gasteiger charge is 2.22. The van der Waals surface area contributed by atoms with Crippen molar-refractivity contribution < 1.29 is 14.1 Å². The average molecular weight is 472 g/mol. The lowest BCUT2D eigenvalue weighted by atomic mass is 10.0. The highest BCUT2D eigenvalue weighted by atomic mass is 16.2. The fourth-order valence-corrected chi connectivity index (χ4v) is 5.15. The van der Waals surface area contributed by atoms with E-state index in [1.807, 2.05) is 0 Å². The summed E-state index contributed by atoms with van der Waals surface area (Å²) in [6.45, 7) is 2.48. The molecule has 192 valence electrons. The van der Waals surface area contributed by atoms with Crippen LogP contribution in [0.15, 0.2) is 30.3 Å². The molecule has 0 bridgehead atoms. The lowest BCUT2D eigenvalue weighted by molar-refractivity contribution is -0.903. The maximum absolute atomic E-state index is 13.0. The molecule has 0 atom stereocenters. The monoisotopic (exact) mass is 471 g/mol. The predicted octanol–water partition coefficient (Wildman–Crippen LogP) is 7.26. The molecule has 0 aliphatic carbocycles. The van der Waals surface area contributed by atoms with Crippen molar-refractivity contribution in [2.45, 2.75) is 116 Å². The van der Waals surface area contributed by atoms with Crippen molar-refractivity contribution in [3.8, 4) is 0 Å². The first-order chi connectivity index (χ1) is 16.5. The zero-order valence-electron chi connectivity index (χ0n) is 22.2. The van der Waals surface area contributed by atoms with Gasteiger partial charge in [0.25, 0.3) is 0 Å². The Morgan fingerprint density at radius 2 is 1.06 bits per heavy atom. The average Bonchev–Trinajstić information content (AvgIpc) is 2.81. The van der Waals surface area contributed by atoms with Crippen molar-refractivity contribution in [2.75, 3.05) is 27.2 Å². The fraction of sp³-hybridized carbons (Fsp3) is 0.733. The predicted molar refractivity (Wildman–Crippen MR) is 142 cm³/mol. The Bertz CT molecular complexity index is 656. The maximum atomic E-state index is 13.0. The Morgan fingerprint density at radius 1 is 0.647 bits per heavy atom. The molecule has 0 aromatic heterocycles. The van der Waals surface area contributed by atoms with E-state index >= 15 is 0 Å². The molecule has 1 saturated heterocycles. The van der Waals surface area contributed by atoms with Crippen LogP contribution in [0.25, 0.3) is 0 Å². The van der Waals surface area contributed by atoms with E-state index in [1.54, 1.807) is 4.90 Å². The van der Waals surface area contributed by atoms with Gasteiger partial charge >= 0.3 is 0 Å². The van der Waals surface area contributed by atoms with Crippen LogP contribution in [0.1, 0.15) is 115 Å². The number of hydrogen-bond donors (Lipinski definition) is 0. The van der Waals surface area contributed by atoms with Crippen LogP contribution in [-0.4, -0.2) is 48.4 Å². The standard InChI is InChI=1S/C30H51N2O2/c1-32(2,27-28-21-16-15-17-22-28)26-20-25-31-29(33)23-18-13-11-9-7-5-3-4-6-8-10-12-14-19-24-30(31)34/h15-17,21-22H,3-14,18-20,23-27H2,1-2H3/q+1. The highest BCUT2D eigenvalue weighted by Crippen LogP contribution is 2.16. The molecule has 2 rings (SSSR count). The Kier molecular flexibility index (Phi) is 14.2. The third kappa shape index (κ3) is 12.7. The van der Waals surface area contributed by atoms with E-state index in [4.69, 9.17) is 0 Å². The van der Waals surface area contributed by atoms with Crippen LogP contribution in [0.2, 0.25) is 0 Å². The fourth-order valence-electron chi connectivity index (χ4n) is 5.15. The van der Waals surface area contributed by atoms with E-state index in [9.17, 15) is 9.59 Å². The SMILES string of the molecule is C[N+](C)(CCCN1C(=O)CCCCCCCCCCCCCCCCC1=O)Cc1ccccc1. The van der Waals surface area contributed by atoms with Gasteiger partial charge in [-0.3, -0.25) is 14.5 Å². The second kappa shape index (κ2) is 16.9. The van der Waals surface area contributed by atoms with Crippen molar-refractivity contribution in [1.82, 2.24) is 4.90 Å². The summed E-state index contributed by atoms with van der Waals surface area (Å²) in [7, 11) is 4.47. The lowest BCUT2D eigenvalue weighted by Crippen LogP contribution is -2.43. The Balaban J connectivity index is 1.86. The summed E-state index contributed by atoms with van der Waals surface area (Å²) in [4.78, 5) is 27.6. The molecular weight excluding hydrogens is 420 g/mol. The van der Waals surface area contributed by atoms with E-state index in [0.717, 1.165) is 49.7 Å². The van der Waals surface area contributed by atoms with Gasteiger partial charge in [-0.2, -0.15) is 0 Å². The molecule has 1 aliphatic heterocycles. The molecular formula is C30H51N2O2+. The number of imide groups is 1. The van der Waals surface area contributed by atoms with Crippen LogP contribution in [0.5, 0.6) is 0 Å². The summed E-state index contributed by atoms with van der Waals surface area (Å²) in [5, 5.41) is 0. The quantitative estimate of drug-likeness (QED) is 0.323. The largest absolute Gasteiger partial charge is 0.325 e. The van der Waals surface area contributed by atoms with Crippen LogP contribution in [0.4, 0.5) is 0 Å². The van der Waals surface area contributed by atoms with Crippen molar-refractivity contribution in [3.63, 3.8) is 0 Å². The molecule has 0 unspecified atom stereocenters. The molecule has 0 saturated carbocycles. The topological polar surface area (TPSA) is 37.4 Å². The van der Waals surface area contributed by atoms with Gasteiger partial charge < -0.3 is 4.48 Å². The minimum Gasteiger partial charge on any atom is -0.325 e. The summed E-state index contributed by atoms with van der Waals surface area (Å²) >= 11 is 0. The van der Waals surface area contributed by atoms with Crippen LogP contribution in [-0.2, 0) is 16.1 Å². The summed E-state index contributed by atoms with van der Waals surface area (Å²) in [5.41, 5.74) is 1.33. The zero-order valence-corrected chi connectivity index (χ0v) is 22.2. The Hall–Kier alpha value is -1.68. The van der Waals surface area contributed by atoms with Gasteiger partial charge in [-0.1, -0.05) is 107 Å². The number of quaternary nitrogens is 1. The summed E-state index contributed by atoms with van der Waals surface area (Å²) in [6, 6.07) is 10.6. The third-order valence-corrected chi connectivity index (χ3v) is 7.23. The van der Waals surface area contributed by atoms with Crippen molar-refractivity contribution in [2.24, 2.45) is 0 Å². The number of hydrogen-bond acceptors (Lipinski definition) is 2. The van der Waals surface area contributed by atoms with E-state index in [2.05, 4.69) is 44.4 Å². The van der Waals surface area contributed by atoms with Gasteiger partial charge in [0.15, 0.2) is 0 Å². The Labute approximate surface area is 209 Å². The van der Waals surface area contributed by atoms with E-state index in [-0.39, 0.29) is 11.8 Å². The second-order valence-electron chi connectivity index (χ2n) is 11.0. The molecule has 1 aromatic rings. The van der Waals surface area contributed by atoms with Gasteiger partial charge in [0.1, 0.15) is 6.54 Å². The van der Waals surface area contributed by atoms with Gasteiger partial charge in [0.2, 0.25) is 11.8 Å². The summed E-state index contributed by atoms with van der Waals surface area (Å²) in [6.07, 6.45) is 19.1. The van der Waals surface area contributed by atoms with Crippen molar-refractivity contribution in [1.29, 1.82) is 0 Å². The number of nitrogens with zero attached hydrogens (tertiary/aromatic N) is 2.